The van der Waals surface area contributed by atoms with E-state index < -0.39 is 78.0 Å². The molecule has 6 rings (SSSR count). The molecule has 14 nitrogen and oxygen atoms in total. The molecule has 1 aromatic heterocycles. The fourth-order valence-electron chi connectivity index (χ4n) is 6.89. The number of hydrogen-bond acceptors (Lipinski definition) is 11. The lowest BCUT2D eigenvalue weighted by Gasteiger charge is -2.47. The molecule has 54 heavy (non-hydrogen) atoms. The number of H-pyrrole nitrogens is 2. The number of rotatable bonds is 14. The van der Waals surface area contributed by atoms with Crippen molar-refractivity contribution in [1.82, 2.24) is 15.3 Å². The van der Waals surface area contributed by atoms with Crippen LogP contribution in [0.4, 0.5) is 0 Å². The number of aliphatic hydroxyl groups excluding tert-OH is 1. The molecule has 0 spiro atoms. The molecule has 2 fully saturated rings. The van der Waals surface area contributed by atoms with Crippen molar-refractivity contribution in [1.29, 1.82) is 0 Å². The van der Waals surface area contributed by atoms with Gasteiger partial charge in [-0.1, -0.05) is 91.0 Å². The summed E-state index contributed by atoms with van der Waals surface area (Å²) in [5.41, 5.74) is 0.810. The molecule has 286 valence electrons. The van der Waals surface area contributed by atoms with Crippen LogP contribution >= 0.6 is 0 Å². The Bertz CT molecular complexity index is 1900. The van der Waals surface area contributed by atoms with Gasteiger partial charge in [0.2, 0.25) is 0 Å². The van der Waals surface area contributed by atoms with Crippen molar-refractivity contribution in [2.24, 2.45) is 5.92 Å². The molecule has 14 heteroatoms. The van der Waals surface area contributed by atoms with Crippen LogP contribution in [-0.2, 0) is 53.0 Å². The summed E-state index contributed by atoms with van der Waals surface area (Å²) in [7, 11) is 1.24. The molecule has 4 N–H and O–H groups in total. The van der Waals surface area contributed by atoms with Crippen molar-refractivity contribution in [3.05, 3.63) is 140 Å². The maximum atomic E-state index is 13.4. The smallest absolute Gasteiger partial charge is 0.326 e. The van der Waals surface area contributed by atoms with Crippen molar-refractivity contribution >= 4 is 11.9 Å². The Kier molecular flexibility index (Phi) is 13.2. The summed E-state index contributed by atoms with van der Waals surface area (Å²) >= 11 is 0. The van der Waals surface area contributed by atoms with E-state index in [-0.39, 0.29) is 38.4 Å². The number of benzene rings is 3. The summed E-state index contributed by atoms with van der Waals surface area (Å²) in [5.74, 6) is -2.18. The van der Waals surface area contributed by atoms with E-state index in [9.17, 15) is 24.3 Å². The van der Waals surface area contributed by atoms with Gasteiger partial charge in [-0.25, -0.2) is 4.79 Å². The van der Waals surface area contributed by atoms with Crippen LogP contribution in [0.3, 0.4) is 0 Å². The molecule has 0 bridgehead atoms. The predicted octanol–water partition coefficient (Wildman–Crippen LogP) is 2.99. The van der Waals surface area contributed by atoms with Gasteiger partial charge in [-0.15, -0.1) is 0 Å². The zero-order valence-corrected chi connectivity index (χ0v) is 30.0. The summed E-state index contributed by atoms with van der Waals surface area (Å²) in [4.78, 5) is 54.4. The fourth-order valence-corrected chi connectivity index (χ4v) is 6.89. The lowest BCUT2D eigenvalue weighted by Crippen LogP contribution is -2.63. The molecule has 2 heterocycles. The van der Waals surface area contributed by atoms with E-state index in [1.54, 1.807) is 0 Å². The van der Waals surface area contributed by atoms with E-state index in [1.165, 1.54) is 7.11 Å². The van der Waals surface area contributed by atoms with Gasteiger partial charge >= 0.3 is 11.7 Å². The molecule has 9 atom stereocenters. The average molecular weight is 744 g/mol. The van der Waals surface area contributed by atoms with Crippen molar-refractivity contribution in [2.75, 3.05) is 7.11 Å². The molecule has 1 saturated heterocycles. The number of nitrogens with one attached hydrogen (secondary N) is 3. The van der Waals surface area contributed by atoms with Crippen LogP contribution in [-0.4, -0.2) is 83.0 Å². The SMILES string of the molecule is COC(=O)C1CC(O)C(OC2OC(C)C(OCc3ccccc3)C(OCc3ccccc3)C2OCc2ccccc2)[C@H](NC(=O)c2cc(=O)[nH]c(=O)[nH]2)C1. The summed E-state index contributed by atoms with van der Waals surface area (Å²) in [6.45, 7) is 2.50. The highest BCUT2D eigenvalue weighted by Crippen LogP contribution is 2.35. The highest BCUT2D eigenvalue weighted by molar-refractivity contribution is 5.92. The first-order chi connectivity index (χ1) is 26.2. The van der Waals surface area contributed by atoms with E-state index >= 15 is 0 Å². The Morgan fingerprint density at radius 2 is 1.30 bits per heavy atom. The van der Waals surface area contributed by atoms with E-state index in [0.717, 1.165) is 22.8 Å². The van der Waals surface area contributed by atoms with Crippen molar-refractivity contribution in [2.45, 2.75) is 88.5 Å². The zero-order valence-electron chi connectivity index (χ0n) is 30.0. The van der Waals surface area contributed by atoms with Crippen LogP contribution in [0.15, 0.2) is 107 Å². The Balaban J connectivity index is 1.32. The predicted molar refractivity (Wildman–Crippen MR) is 194 cm³/mol. The van der Waals surface area contributed by atoms with E-state index in [1.807, 2.05) is 103 Å². The summed E-state index contributed by atoms with van der Waals surface area (Å²) < 4.78 is 37.9. The Labute approximate surface area is 311 Å². The minimum absolute atomic E-state index is 0.0160. The first kappa shape index (κ1) is 38.8. The second-order valence-corrected chi connectivity index (χ2v) is 13.4. The Morgan fingerprint density at radius 3 is 1.83 bits per heavy atom. The second-order valence-electron chi connectivity index (χ2n) is 13.4. The van der Waals surface area contributed by atoms with Gasteiger partial charge in [0.1, 0.15) is 30.1 Å². The number of aromatic nitrogens is 2. The van der Waals surface area contributed by atoms with Crippen LogP contribution in [0, 0.1) is 5.92 Å². The monoisotopic (exact) mass is 743 g/mol. The number of aliphatic hydroxyl groups is 1. The van der Waals surface area contributed by atoms with Crippen molar-refractivity contribution < 1.29 is 43.1 Å². The molecule has 1 aliphatic heterocycles. The number of hydrogen-bond donors (Lipinski definition) is 4. The van der Waals surface area contributed by atoms with Gasteiger partial charge in [-0.2, -0.15) is 0 Å². The molecule has 3 aromatic carbocycles. The average Bonchev–Trinajstić information content (AvgIpc) is 3.17. The summed E-state index contributed by atoms with van der Waals surface area (Å²) in [6.07, 6.45) is -6.49. The molecule has 0 radical (unpaired) electrons. The van der Waals surface area contributed by atoms with E-state index in [0.29, 0.717) is 0 Å². The molecule has 4 aromatic rings. The third-order valence-corrected chi connectivity index (χ3v) is 9.57. The number of carbonyl (C=O) groups is 2. The Morgan fingerprint density at radius 1 is 0.759 bits per heavy atom. The number of ether oxygens (including phenoxy) is 6. The number of methoxy groups -OCH3 is 1. The molecule has 1 aliphatic carbocycles. The molecular formula is C40H45N3O11. The first-order valence-corrected chi connectivity index (χ1v) is 17.9. The maximum Gasteiger partial charge on any atom is 0.326 e. The quantitative estimate of drug-likeness (QED) is 0.139. The van der Waals surface area contributed by atoms with Crippen molar-refractivity contribution in [3.63, 3.8) is 0 Å². The summed E-state index contributed by atoms with van der Waals surface area (Å²) in [5, 5.41) is 14.3. The number of carbonyl (C=O) groups excluding carboxylic acids is 2. The van der Waals surface area contributed by atoms with Crippen molar-refractivity contribution in [3.8, 4) is 0 Å². The lowest BCUT2D eigenvalue weighted by atomic mass is 9.81. The topological polar surface area (TPSA) is 188 Å². The Hall–Kier alpha value is -4.96. The second kappa shape index (κ2) is 18.4. The van der Waals surface area contributed by atoms with E-state index in [2.05, 4.69) is 10.3 Å². The third kappa shape index (κ3) is 9.96. The van der Waals surface area contributed by atoms with Crippen LogP contribution in [0.2, 0.25) is 0 Å². The van der Waals surface area contributed by atoms with Gasteiger partial charge in [0.05, 0.1) is 51.1 Å². The van der Waals surface area contributed by atoms with Crippen LogP contribution < -0.4 is 16.6 Å². The number of amides is 1. The molecule has 1 saturated carbocycles. The van der Waals surface area contributed by atoms with Gasteiger partial charge < -0.3 is 43.8 Å². The molecular weight excluding hydrogens is 698 g/mol. The number of esters is 1. The molecule has 8 unspecified atom stereocenters. The van der Waals surface area contributed by atoms with Crippen LogP contribution in [0.25, 0.3) is 0 Å². The van der Waals surface area contributed by atoms with Gasteiger partial charge in [0.15, 0.2) is 6.29 Å². The fraction of sp³-hybridized carbons (Fsp3) is 0.400. The minimum atomic E-state index is -1.28. The lowest BCUT2D eigenvalue weighted by molar-refractivity contribution is -0.336. The van der Waals surface area contributed by atoms with Gasteiger partial charge in [-0.05, 0) is 36.5 Å². The normalized spacial score (nSPS) is 26.8. The van der Waals surface area contributed by atoms with Gasteiger partial charge in [0, 0.05) is 6.07 Å². The van der Waals surface area contributed by atoms with Gasteiger partial charge in [-0.3, -0.25) is 19.4 Å². The largest absolute Gasteiger partial charge is 0.469 e. The highest BCUT2D eigenvalue weighted by atomic mass is 16.7. The molecule has 2 aliphatic rings. The number of aromatic amines is 2. The zero-order chi connectivity index (χ0) is 38.0. The van der Waals surface area contributed by atoms with E-state index in [4.69, 9.17) is 28.4 Å². The van der Waals surface area contributed by atoms with Crippen LogP contribution in [0.5, 0.6) is 0 Å². The van der Waals surface area contributed by atoms with Crippen LogP contribution in [0.1, 0.15) is 46.9 Å². The van der Waals surface area contributed by atoms with Gasteiger partial charge in [0.25, 0.3) is 11.5 Å². The first-order valence-electron chi connectivity index (χ1n) is 17.9. The highest BCUT2D eigenvalue weighted by Gasteiger charge is 2.51. The minimum Gasteiger partial charge on any atom is -0.469 e. The summed E-state index contributed by atoms with van der Waals surface area (Å²) in [6, 6.07) is 28.9. The third-order valence-electron chi connectivity index (χ3n) is 9.57. The molecule has 1 amide bonds. The standard InChI is InChI=1S/C40H45N3O11/c1-24-33(50-21-25-12-6-3-7-13-25)35(51-22-26-14-8-4-9-15-26)36(52-23-27-16-10-5-11-17-27)39(53-24)54-34-29(18-28(19-31(34)44)38(47)49-2)41-37(46)30-20-32(45)43-40(48)42-30/h3-17,20,24,28-29,31,33-36,39,44H,18-19,21-23H2,1-2H3,(H,41,46)(H2,42,43,45,48)/t24?,28?,29-,31?,33?,34?,35?,36?,39?/m1/s1. The maximum absolute atomic E-state index is 13.4.